The molecular formula is C53H65N5O8. The van der Waals surface area contributed by atoms with Crippen LogP contribution in [0.15, 0.2) is 121 Å². The van der Waals surface area contributed by atoms with Gasteiger partial charge in [0.05, 0.1) is 6.61 Å². The van der Waals surface area contributed by atoms with Crippen molar-refractivity contribution >= 4 is 23.6 Å². The minimum atomic E-state index is -1.24. The molecule has 0 aliphatic heterocycles. The van der Waals surface area contributed by atoms with Crippen LogP contribution in [0.5, 0.6) is 23.0 Å². The molecule has 0 unspecified atom stereocenters. The van der Waals surface area contributed by atoms with Gasteiger partial charge in [-0.3, -0.25) is 24.2 Å². The number of nitrogens with one attached hydrogen (secondary N) is 3. The smallest absolute Gasteiger partial charge is 0.251 e. The summed E-state index contributed by atoms with van der Waals surface area (Å²) in [6.45, 7) is 3.12. The molecule has 350 valence electrons. The third-order valence-electron chi connectivity index (χ3n) is 11.4. The Morgan fingerprint density at radius 1 is 0.576 bits per heavy atom. The number of pyridine rings is 1. The number of amides is 4. The monoisotopic (exact) mass is 899 g/mol. The van der Waals surface area contributed by atoms with Crippen LogP contribution in [0.25, 0.3) is 0 Å². The van der Waals surface area contributed by atoms with E-state index in [4.69, 9.17) is 4.74 Å². The Labute approximate surface area is 388 Å². The molecule has 0 aliphatic carbocycles. The van der Waals surface area contributed by atoms with E-state index in [9.17, 15) is 34.5 Å². The lowest BCUT2D eigenvalue weighted by Crippen LogP contribution is -2.58. The third kappa shape index (κ3) is 17.2. The second-order valence-electron chi connectivity index (χ2n) is 16.8. The highest BCUT2D eigenvalue weighted by atomic mass is 16.5. The number of ether oxygens (including phenoxy) is 1. The van der Waals surface area contributed by atoms with Crippen LogP contribution < -0.4 is 20.7 Å². The summed E-state index contributed by atoms with van der Waals surface area (Å²) in [5.74, 6) is -1.47. The maximum atomic E-state index is 14.5. The average Bonchev–Trinajstić information content (AvgIpc) is 3.32. The Kier molecular flexibility index (Phi) is 20.3. The highest BCUT2D eigenvalue weighted by Gasteiger charge is 2.32. The van der Waals surface area contributed by atoms with Crippen LogP contribution in [0.1, 0.15) is 97.5 Å². The summed E-state index contributed by atoms with van der Waals surface area (Å²) in [7, 11) is 1.65. The topological polar surface area (TPSA) is 190 Å². The normalized spacial score (nSPS) is 12.3. The van der Waals surface area contributed by atoms with Crippen molar-refractivity contribution < 1.29 is 39.2 Å². The number of phenolic OH excluding ortho intramolecular Hbond substituents is 3. The first-order valence-corrected chi connectivity index (χ1v) is 23.1. The average molecular weight is 900 g/mol. The number of hydrogen-bond acceptors (Lipinski definition) is 9. The largest absolute Gasteiger partial charge is 0.508 e. The molecule has 5 aromatic rings. The molecule has 66 heavy (non-hydrogen) atoms. The summed E-state index contributed by atoms with van der Waals surface area (Å²) in [6, 6.07) is 27.6. The van der Waals surface area contributed by atoms with Crippen molar-refractivity contribution in [1.29, 1.82) is 0 Å². The highest BCUT2D eigenvalue weighted by molar-refractivity contribution is 5.99. The fraction of sp³-hybridized carbons (Fsp3) is 0.377. The minimum Gasteiger partial charge on any atom is -0.508 e. The molecule has 3 atom stereocenters. The van der Waals surface area contributed by atoms with Crippen LogP contribution in [0.4, 0.5) is 0 Å². The number of unbranched alkanes of at least 4 members (excludes halogenated alkanes) is 8. The number of likely N-dealkylation sites (N-methyl/N-ethyl adjacent to an activating group) is 1. The summed E-state index contributed by atoms with van der Waals surface area (Å²) in [5, 5.41) is 38.5. The molecule has 0 radical (unpaired) electrons. The number of aromatic hydroxyl groups is 3. The summed E-state index contributed by atoms with van der Waals surface area (Å²) in [5.41, 5.74) is 3.03. The molecule has 13 heteroatoms. The van der Waals surface area contributed by atoms with Crippen molar-refractivity contribution in [1.82, 2.24) is 25.8 Å². The van der Waals surface area contributed by atoms with Gasteiger partial charge in [-0.15, -0.1) is 0 Å². The van der Waals surface area contributed by atoms with E-state index in [2.05, 4.69) is 27.9 Å². The van der Waals surface area contributed by atoms with Crippen molar-refractivity contribution in [2.24, 2.45) is 0 Å². The van der Waals surface area contributed by atoms with E-state index in [0.29, 0.717) is 47.6 Å². The van der Waals surface area contributed by atoms with Crippen molar-refractivity contribution in [2.75, 3.05) is 20.2 Å². The molecule has 0 saturated heterocycles. The van der Waals surface area contributed by atoms with Gasteiger partial charge in [0.25, 0.3) is 5.91 Å². The van der Waals surface area contributed by atoms with Crippen molar-refractivity contribution in [3.63, 3.8) is 0 Å². The van der Waals surface area contributed by atoms with E-state index >= 15 is 0 Å². The number of aromatic nitrogens is 1. The number of nitrogens with zero attached hydrogens (tertiary/aromatic N) is 2. The standard InChI is InChI=1S/C53H65N5O8/c1-3-4-5-6-7-8-9-10-13-34-66-46-29-21-41(22-30-46)50(62)55-47(35-38-15-23-43(59)24-16-38)51(63)56-48(36-39-17-25-44(60)26-18-39)52(64)57-49(37-40-19-27-45(61)28-20-40)53(65)58(2)33-31-42-14-11-12-32-54-42/h11-12,14-30,32,47-49,59-61H,3-10,13,31,33-37H2,1-2H3,(H,55,62)(H,56,63)(H,57,64)/t47-,48-,49-/m0/s1. The molecule has 5 rings (SSSR count). The Bertz CT molecular complexity index is 2240. The SMILES string of the molecule is CCCCCCCCCCCOc1ccc(C(=O)N[C@@H](Cc2ccc(O)cc2)C(=O)N[C@@H](Cc2ccc(O)cc2)C(=O)N[C@@H](Cc2ccc(O)cc2)C(=O)N(C)CCc2ccccn2)cc1. The molecule has 0 bridgehead atoms. The van der Waals surface area contributed by atoms with Crippen molar-refractivity contribution in [3.05, 3.63) is 149 Å². The molecule has 6 N–H and O–H groups in total. The lowest BCUT2D eigenvalue weighted by Gasteiger charge is -2.28. The zero-order valence-corrected chi connectivity index (χ0v) is 38.2. The van der Waals surface area contributed by atoms with E-state index in [1.165, 1.54) is 86.2 Å². The minimum absolute atomic E-state index is 0.0200. The van der Waals surface area contributed by atoms with E-state index in [-0.39, 0.29) is 42.4 Å². The number of phenols is 3. The van der Waals surface area contributed by atoms with Gasteiger partial charge in [-0.1, -0.05) is 101 Å². The molecule has 4 amide bonds. The second-order valence-corrected chi connectivity index (χ2v) is 16.8. The Hall–Kier alpha value is -6.89. The molecule has 4 aromatic carbocycles. The summed E-state index contributed by atoms with van der Waals surface area (Å²) in [4.78, 5) is 62.7. The first kappa shape index (κ1) is 50.1. The van der Waals surface area contributed by atoms with Crippen LogP contribution in [-0.4, -0.2) is 87.2 Å². The van der Waals surface area contributed by atoms with E-state index < -0.39 is 35.8 Å². The van der Waals surface area contributed by atoms with Crippen molar-refractivity contribution in [3.8, 4) is 23.0 Å². The summed E-state index contributed by atoms with van der Waals surface area (Å²) >= 11 is 0. The van der Waals surface area contributed by atoms with Gasteiger partial charge in [0.15, 0.2) is 0 Å². The van der Waals surface area contributed by atoms with Gasteiger partial charge in [0, 0.05) is 56.7 Å². The quantitative estimate of drug-likeness (QED) is 0.0288. The molecule has 1 heterocycles. The number of carbonyl (C=O) groups excluding carboxylic acids is 4. The Morgan fingerprint density at radius 3 is 1.55 bits per heavy atom. The molecule has 0 fully saturated rings. The van der Waals surface area contributed by atoms with Gasteiger partial charge in [0.1, 0.15) is 41.1 Å². The van der Waals surface area contributed by atoms with E-state index in [1.807, 2.05) is 18.2 Å². The van der Waals surface area contributed by atoms with Crippen molar-refractivity contribution in [2.45, 2.75) is 109 Å². The van der Waals surface area contributed by atoms with Gasteiger partial charge in [0.2, 0.25) is 17.7 Å². The van der Waals surface area contributed by atoms with Gasteiger partial charge in [-0.05, 0) is 95.9 Å². The van der Waals surface area contributed by atoms with Crippen LogP contribution >= 0.6 is 0 Å². The molecular weight excluding hydrogens is 835 g/mol. The first-order valence-electron chi connectivity index (χ1n) is 23.1. The zero-order chi connectivity index (χ0) is 47.1. The fourth-order valence-electron chi connectivity index (χ4n) is 7.52. The number of benzene rings is 4. The van der Waals surface area contributed by atoms with E-state index in [0.717, 1.165) is 18.5 Å². The maximum Gasteiger partial charge on any atom is 0.251 e. The van der Waals surface area contributed by atoms with Gasteiger partial charge in [-0.25, -0.2) is 0 Å². The Balaban J connectivity index is 1.30. The molecule has 0 aliphatic rings. The van der Waals surface area contributed by atoms with Gasteiger partial charge >= 0.3 is 0 Å². The molecule has 1 aromatic heterocycles. The molecule has 0 spiro atoms. The van der Waals surface area contributed by atoms with Gasteiger partial charge in [-0.2, -0.15) is 0 Å². The van der Waals surface area contributed by atoms with Crippen LogP contribution in [0, 0.1) is 0 Å². The maximum absolute atomic E-state index is 14.5. The summed E-state index contributed by atoms with van der Waals surface area (Å²) in [6.07, 6.45) is 13.1. The first-order chi connectivity index (χ1) is 32.0. The second kappa shape index (κ2) is 26.8. The zero-order valence-electron chi connectivity index (χ0n) is 38.2. The van der Waals surface area contributed by atoms with Crippen LogP contribution in [0.3, 0.4) is 0 Å². The molecule has 0 saturated carbocycles. The predicted octanol–water partition coefficient (Wildman–Crippen LogP) is 7.61. The lowest BCUT2D eigenvalue weighted by atomic mass is 10.0. The summed E-state index contributed by atoms with van der Waals surface area (Å²) < 4.78 is 5.95. The number of carbonyl (C=O) groups is 4. The highest BCUT2D eigenvalue weighted by Crippen LogP contribution is 2.18. The lowest BCUT2D eigenvalue weighted by molar-refractivity contribution is -0.136. The van der Waals surface area contributed by atoms with E-state index in [1.54, 1.807) is 73.9 Å². The Morgan fingerprint density at radius 2 is 1.05 bits per heavy atom. The number of rotatable bonds is 27. The van der Waals surface area contributed by atoms with Crippen LogP contribution in [0.2, 0.25) is 0 Å². The molecule has 13 nitrogen and oxygen atoms in total. The van der Waals surface area contributed by atoms with Crippen LogP contribution in [-0.2, 0) is 40.1 Å². The third-order valence-corrected chi connectivity index (χ3v) is 11.4. The number of hydrogen-bond donors (Lipinski definition) is 6. The fourth-order valence-corrected chi connectivity index (χ4v) is 7.52. The predicted molar refractivity (Wildman–Crippen MR) is 255 cm³/mol. The van der Waals surface area contributed by atoms with Gasteiger partial charge < -0.3 is 40.9 Å².